The van der Waals surface area contributed by atoms with Crippen LogP contribution in [0.15, 0.2) is 16.6 Å². The Balaban J connectivity index is 2.20. The first-order valence-electron chi connectivity index (χ1n) is 5.72. The maximum Gasteiger partial charge on any atom is 0.228 e. The Morgan fingerprint density at radius 1 is 1.44 bits per heavy atom. The summed E-state index contributed by atoms with van der Waals surface area (Å²) in [4.78, 5) is 11.8. The SMILES string of the molecule is CC(CN)C(=O)Nc1cc2c(cc1Br)OCCO2. The van der Waals surface area contributed by atoms with E-state index in [4.69, 9.17) is 15.2 Å². The van der Waals surface area contributed by atoms with Crippen LogP contribution in [-0.2, 0) is 4.79 Å². The van der Waals surface area contributed by atoms with Crippen molar-refractivity contribution in [3.8, 4) is 11.5 Å². The summed E-state index contributed by atoms with van der Waals surface area (Å²) in [6.07, 6.45) is 0. The Morgan fingerprint density at radius 2 is 2.06 bits per heavy atom. The van der Waals surface area contributed by atoms with Crippen LogP contribution in [0, 0.1) is 5.92 Å². The van der Waals surface area contributed by atoms with Gasteiger partial charge in [0.2, 0.25) is 5.91 Å². The maximum atomic E-state index is 11.8. The molecule has 0 aliphatic carbocycles. The second-order valence-electron chi connectivity index (χ2n) is 4.10. The monoisotopic (exact) mass is 314 g/mol. The molecule has 2 rings (SSSR count). The molecule has 0 aromatic heterocycles. The molecular weight excluding hydrogens is 300 g/mol. The molecule has 1 heterocycles. The van der Waals surface area contributed by atoms with Crippen molar-refractivity contribution in [2.24, 2.45) is 11.7 Å². The number of carbonyl (C=O) groups is 1. The van der Waals surface area contributed by atoms with Gasteiger partial charge in [0.1, 0.15) is 13.2 Å². The number of rotatable bonds is 3. The molecule has 1 aliphatic rings. The van der Waals surface area contributed by atoms with E-state index in [1.54, 1.807) is 19.1 Å². The minimum atomic E-state index is -0.231. The van der Waals surface area contributed by atoms with Gasteiger partial charge in [0, 0.05) is 29.1 Å². The number of anilines is 1. The highest BCUT2D eigenvalue weighted by molar-refractivity contribution is 9.10. The first kappa shape index (κ1) is 13.2. The Bertz CT molecular complexity index is 465. The highest BCUT2D eigenvalue weighted by atomic mass is 79.9. The van der Waals surface area contributed by atoms with E-state index in [9.17, 15) is 4.79 Å². The van der Waals surface area contributed by atoms with Crippen molar-refractivity contribution in [3.63, 3.8) is 0 Å². The van der Waals surface area contributed by atoms with Crippen LogP contribution in [0.4, 0.5) is 5.69 Å². The van der Waals surface area contributed by atoms with Crippen molar-refractivity contribution in [2.45, 2.75) is 6.92 Å². The normalized spacial score (nSPS) is 15.1. The van der Waals surface area contributed by atoms with E-state index in [2.05, 4.69) is 21.2 Å². The third kappa shape index (κ3) is 2.76. The van der Waals surface area contributed by atoms with Gasteiger partial charge in [0.15, 0.2) is 11.5 Å². The summed E-state index contributed by atoms with van der Waals surface area (Å²) >= 11 is 3.39. The molecule has 18 heavy (non-hydrogen) atoms. The van der Waals surface area contributed by atoms with Crippen LogP contribution in [0.3, 0.4) is 0 Å². The topological polar surface area (TPSA) is 73.6 Å². The van der Waals surface area contributed by atoms with E-state index in [1.807, 2.05) is 0 Å². The number of ether oxygens (including phenoxy) is 2. The lowest BCUT2D eigenvalue weighted by molar-refractivity contribution is -0.119. The smallest absolute Gasteiger partial charge is 0.228 e. The van der Waals surface area contributed by atoms with Gasteiger partial charge in [0.05, 0.1) is 5.69 Å². The van der Waals surface area contributed by atoms with Gasteiger partial charge in [-0.25, -0.2) is 0 Å². The highest BCUT2D eigenvalue weighted by Crippen LogP contribution is 2.38. The van der Waals surface area contributed by atoms with E-state index < -0.39 is 0 Å². The first-order valence-corrected chi connectivity index (χ1v) is 6.51. The zero-order valence-electron chi connectivity index (χ0n) is 10.0. The Morgan fingerprint density at radius 3 is 2.67 bits per heavy atom. The summed E-state index contributed by atoms with van der Waals surface area (Å²) < 4.78 is 11.7. The van der Waals surface area contributed by atoms with E-state index in [0.717, 1.165) is 4.47 Å². The number of amides is 1. The number of fused-ring (bicyclic) bond motifs is 1. The van der Waals surface area contributed by atoms with E-state index in [-0.39, 0.29) is 11.8 Å². The number of nitrogens with two attached hydrogens (primary N) is 1. The summed E-state index contributed by atoms with van der Waals surface area (Å²) in [5.74, 6) is 0.970. The summed E-state index contributed by atoms with van der Waals surface area (Å²) in [7, 11) is 0. The fourth-order valence-corrected chi connectivity index (χ4v) is 1.94. The lowest BCUT2D eigenvalue weighted by atomic mass is 10.1. The van der Waals surface area contributed by atoms with Gasteiger partial charge in [-0.2, -0.15) is 0 Å². The molecule has 3 N–H and O–H groups in total. The molecule has 1 aromatic carbocycles. The van der Waals surface area contributed by atoms with E-state index in [0.29, 0.717) is 36.9 Å². The van der Waals surface area contributed by atoms with Gasteiger partial charge in [-0.3, -0.25) is 4.79 Å². The molecule has 0 radical (unpaired) electrons. The number of hydrogen-bond acceptors (Lipinski definition) is 4. The fourth-order valence-electron chi connectivity index (χ4n) is 1.52. The second-order valence-corrected chi connectivity index (χ2v) is 4.96. The highest BCUT2D eigenvalue weighted by Gasteiger charge is 2.17. The molecule has 0 bridgehead atoms. The Labute approximate surface area is 114 Å². The molecule has 0 spiro atoms. The number of nitrogens with one attached hydrogen (secondary N) is 1. The Hall–Kier alpha value is -1.27. The molecule has 1 aromatic rings. The predicted molar refractivity (Wildman–Crippen MR) is 72.0 cm³/mol. The van der Waals surface area contributed by atoms with Crippen molar-refractivity contribution in [2.75, 3.05) is 25.1 Å². The third-order valence-electron chi connectivity index (χ3n) is 2.69. The fraction of sp³-hybridized carbons (Fsp3) is 0.417. The molecule has 1 unspecified atom stereocenters. The first-order chi connectivity index (χ1) is 8.61. The molecule has 0 fully saturated rings. The molecule has 98 valence electrons. The minimum absolute atomic E-state index is 0.116. The van der Waals surface area contributed by atoms with Gasteiger partial charge >= 0.3 is 0 Å². The minimum Gasteiger partial charge on any atom is -0.486 e. The molecule has 5 nitrogen and oxygen atoms in total. The number of hydrogen-bond donors (Lipinski definition) is 2. The number of carbonyl (C=O) groups excluding carboxylic acids is 1. The van der Waals surface area contributed by atoms with Gasteiger partial charge in [0.25, 0.3) is 0 Å². The largest absolute Gasteiger partial charge is 0.486 e. The molecule has 6 heteroatoms. The van der Waals surface area contributed by atoms with Gasteiger partial charge in [-0.1, -0.05) is 6.92 Å². The third-order valence-corrected chi connectivity index (χ3v) is 3.35. The molecule has 0 saturated carbocycles. The lowest BCUT2D eigenvalue weighted by Gasteiger charge is -2.20. The van der Waals surface area contributed by atoms with Gasteiger partial charge in [-0.05, 0) is 15.9 Å². The van der Waals surface area contributed by atoms with Crippen LogP contribution < -0.4 is 20.5 Å². The summed E-state index contributed by atoms with van der Waals surface area (Å²) in [5, 5.41) is 2.81. The van der Waals surface area contributed by atoms with Crippen LogP contribution in [0.2, 0.25) is 0 Å². The van der Waals surface area contributed by atoms with Gasteiger partial charge < -0.3 is 20.5 Å². The predicted octanol–water partition coefficient (Wildman–Crippen LogP) is 1.75. The molecule has 1 amide bonds. The molecular formula is C12H15BrN2O3. The van der Waals surface area contributed by atoms with Crippen LogP contribution in [0.1, 0.15) is 6.92 Å². The quantitative estimate of drug-likeness (QED) is 0.891. The lowest BCUT2D eigenvalue weighted by Crippen LogP contribution is -2.27. The summed E-state index contributed by atoms with van der Waals surface area (Å²) in [5.41, 5.74) is 6.12. The van der Waals surface area contributed by atoms with Crippen LogP contribution >= 0.6 is 15.9 Å². The molecule has 1 atom stereocenters. The van der Waals surface area contributed by atoms with E-state index in [1.165, 1.54) is 0 Å². The zero-order chi connectivity index (χ0) is 13.1. The summed E-state index contributed by atoms with van der Waals surface area (Å²) in [6.45, 7) is 3.14. The summed E-state index contributed by atoms with van der Waals surface area (Å²) in [6, 6.07) is 3.54. The van der Waals surface area contributed by atoms with Crippen molar-refractivity contribution in [3.05, 3.63) is 16.6 Å². The number of halogens is 1. The molecule has 1 aliphatic heterocycles. The van der Waals surface area contributed by atoms with Crippen molar-refractivity contribution in [1.29, 1.82) is 0 Å². The second kappa shape index (κ2) is 5.58. The van der Waals surface area contributed by atoms with Crippen molar-refractivity contribution < 1.29 is 14.3 Å². The van der Waals surface area contributed by atoms with E-state index >= 15 is 0 Å². The molecule has 0 saturated heterocycles. The van der Waals surface area contributed by atoms with Crippen LogP contribution in [-0.4, -0.2) is 25.7 Å². The standard InChI is InChI=1S/C12H15BrN2O3/c1-7(6-14)12(16)15-9-5-11-10(4-8(9)13)17-2-3-18-11/h4-5,7H,2-3,6,14H2,1H3,(H,15,16). The number of benzene rings is 1. The average molecular weight is 315 g/mol. The van der Waals surface area contributed by atoms with Crippen molar-refractivity contribution >= 4 is 27.5 Å². The van der Waals surface area contributed by atoms with Crippen LogP contribution in [0.25, 0.3) is 0 Å². The van der Waals surface area contributed by atoms with Gasteiger partial charge in [-0.15, -0.1) is 0 Å². The average Bonchev–Trinajstić information content (AvgIpc) is 2.38. The Kier molecular flexibility index (Phi) is 4.08. The maximum absolute atomic E-state index is 11.8. The van der Waals surface area contributed by atoms with Crippen molar-refractivity contribution in [1.82, 2.24) is 0 Å². The zero-order valence-corrected chi connectivity index (χ0v) is 11.6. The van der Waals surface area contributed by atoms with Crippen LogP contribution in [0.5, 0.6) is 11.5 Å².